The number of likely N-dealkylation sites (N-methyl/N-ethyl adjacent to an activating group) is 1. The topological polar surface area (TPSA) is 54.3 Å². The van der Waals surface area contributed by atoms with Gasteiger partial charge in [0, 0.05) is 25.8 Å². The van der Waals surface area contributed by atoms with E-state index in [4.69, 9.17) is 0 Å². The number of benzene rings is 1. The Bertz CT molecular complexity index is 548. The molecule has 0 aliphatic carbocycles. The van der Waals surface area contributed by atoms with Crippen LogP contribution in [0, 0.1) is 0 Å². The molecule has 0 saturated carbocycles. The fourth-order valence-electron chi connectivity index (χ4n) is 2.02. The largest absolute Gasteiger partial charge is 0.326 e. The van der Waals surface area contributed by atoms with Gasteiger partial charge < -0.3 is 4.90 Å². The summed E-state index contributed by atoms with van der Waals surface area (Å²) >= 11 is 0. The van der Waals surface area contributed by atoms with Gasteiger partial charge in [-0.2, -0.15) is 0 Å². The van der Waals surface area contributed by atoms with Crippen LogP contribution in [0.4, 0.5) is 10.5 Å². The fourth-order valence-corrected chi connectivity index (χ4v) is 2.02. The maximum Gasteiger partial charge on any atom is 0.324 e. The lowest BCUT2D eigenvalue weighted by molar-refractivity contribution is 0.229. The number of carbonyl (C=O) groups is 1. The Morgan fingerprint density at radius 2 is 1.83 bits per heavy atom. The zero-order chi connectivity index (χ0) is 12.5. The second-order valence-electron chi connectivity index (χ2n) is 4.22. The molecule has 1 saturated heterocycles. The van der Waals surface area contributed by atoms with Gasteiger partial charge in [-0.05, 0) is 24.3 Å². The molecule has 6 nitrogen and oxygen atoms in total. The van der Waals surface area contributed by atoms with E-state index >= 15 is 0 Å². The second kappa shape index (κ2) is 4.14. The highest BCUT2D eigenvalue weighted by Crippen LogP contribution is 2.20. The first-order valence-electron chi connectivity index (χ1n) is 5.75. The van der Waals surface area contributed by atoms with Crippen molar-refractivity contribution in [3.63, 3.8) is 0 Å². The van der Waals surface area contributed by atoms with E-state index < -0.39 is 0 Å². The number of rotatable bonds is 2. The number of nitrogens with zero attached hydrogens (tertiary/aromatic N) is 5. The summed E-state index contributed by atoms with van der Waals surface area (Å²) in [5.41, 5.74) is 1.84. The van der Waals surface area contributed by atoms with Gasteiger partial charge in [0.05, 0.1) is 18.1 Å². The van der Waals surface area contributed by atoms with Crippen LogP contribution in [0.3, 0.4) is 0 Å². The maximum atomic E-state index is 11.8. The molecule has 1 aliphatic heterocycles. The summed E-state index contributed by atoms with van der Waals surface area (Å²) in [5, 5.41) is 7.68. The fraction of sp³-hybridized carbons (Fsp3) is 0.250. The minimum absolute atomic E-state index is 0.0449. The molecule has 1 aromatic carbocycles. The zero-order valence-electron chi connectivity index (χ0n) is 10.0. The number of hydrogen-bond donors (Lipinski definition) is 0. The molecule has 6 heteroatoms. The van der Waals surface area contributed by atoms with Crippen LogP contribution in [0.2, 0.25) is 0 Å². The van der Waals surface area contributed by atoms with Crippen LogP contribution in [0.5, 0.6) is 0 Å². The van der Waals surface area contributed by atoms with Crippen LogP contribution < -0.4 is 4.90 Å². The number of amides is 2. The van der Waals surface area contributed by atoms with Crippen molar-refractivity contribution in [1.29, 1.82) is 0 Å². The normalized spacial score (nSPS) is 15.5. The standard InChI is InChI=1S/C12H13N5O/c1-15-8-9-16(12(15)18)10-2-4-11(5-3-10)17-7-6-13-14-17/h2-7H,8-9H2,1H3. The molecule has 0 radical (unpaired) electrons. The molecule has 0 unspecified atom stereocenters. The predicted molar refractivity (Wildman–Crippen MR) is 66.7 cm³/mol. The molecule has 0 N–H and O–H groups in total. The van der Waals surface area contributed by atoms with Crippen molar-refractivity contribution in [1.82, 2.24) is 19.9 Å². The third-order valence-electron chi connectivity index (χ3n) is 3.06. The van der Waals surface area contributed by atoms with Gasteiger partial charge in [-0.1, -0.05) is 5.21 Å². The van der Waals surface area contributed by atoms with Crippen LogP contribution in [0.15, 0.2) is 36.7 Å². The minimum atomic E-state index is 0.0449. The molecule has 2 amide bonds. The van der Waals surface area contributed by atoms with Crippen molar-refractivity contribution in [2.24, 2.45) is 0 Å². The van der Waals surface area contributed by atoms with Crippen molar-refractivity contribution in [2.75, 3.05) is 25.0 Å². The predicted octanol–water partition coefficient (Wildman–Crippen LogP) is 1.14. The van der Waals surface area contributed by atoms with Gasteiger partial charge in [0.1, 0.15) is 0 Å². The van der Waals surface area contributed by atoms with Gasteiger partial charge in [0.2, 0.25) is 0 Å². The van der Waals surface area contributed by atoms with E-state index in [1.165, 1.54) is 0 Å². The van der Waals surface area contributed by atoms with E-state index in [-0.39, 0.29) is 6.03 Å². The van der Waals surface area contributed by atoms with Gasteiger partial charge in [-0.3, -0.25) is 4.90 Å². The van der Waals surface area contributed by atoms with E-state index in [1.54, 1.807) is 26.9 Å². The van der Waals surface area contributed by atoms with Gasteiger partial charge in [0.15, 0.2) is 0 Å². The Kier molecular flexibility index (Phi) is 2.47. The van der Waals surface area contributed by atoms with Gasteiger partial charge in [-0.25, -0.2) is 9.48 Å². The molecular formula is C12H13N5O. The lowest BCUT2D eigenvalue weighted by Gasteiger charge is -2.16. The Hall–Kier alpha value is -2.37. The molecule has 92 valence electrons. The Morgan fingerprint density at radius 1 is 1.11 bits per heavy atom. The summed E-state index contributed by atoms with van der Waals surface area (Å²) in [4.78, 5) is 15.3. The van der Waals surface area contributed by atoms with Gasteiger partial charge >= 0.3 is 6.03 Å². The van der Waals surface area contributed by atoms with E-state index in [0.29, 0.717) is 0 Å². The monoisotopic (exact) mass is 243 g/mol. The second-order valence-corrected chi connectivity index (χ2v) is 4.22. The van der Waals surface area contributed by atoms with Crippen molar-refractivity contribution in [3.05, 3.63) is 36.7 Å². The summed E-state index contributed by atoms with van der Waals surface area (Å²) in [6, 6.07) is 7.75. The highest BCUT2D eigenvalue weighted by atomic mass is 16.2. The van der Waals surface area contributed by atoms with Crippen LogP contribution in [0.1, 0.15) is 0 Å². The first kappa shape index (κ1) is 10.8. The zero-order valence-corrected chi connectivity index (χ0v) is 10.0. The van der Waals surface area contributed by atoms with Crippen molar-refractivity contribution in [2.45, 2.75) is 0 Å². The van der Waals surface area contributed by atoms with E-state index in [2.05, 4.69) is 10.3 Å². The first-order valence-corrected chi connectivity index (χ1v) is 5.75. The summed E-state index contributed by atoms with van der Waals surface area (Å²) < 4.78 is 1.68. The van der Waals surface area contributed by atoms with Crippen LogP contribution in [-0.4, -0.2) is 46.1 Å². The lowest BCUT2D eigenvalue weighted by Crippen LogP contribution is -2.29. The molecule has 18 heavy (non-hydrogen) atoms. The molecule has 1 aliphatic rings. The molecule has 2 heterocycles. The molecule has 0 atom stereocenters. The van der Waals surface area contributed by atoms with E-state index in [1.807, 2.05) is 31.3 Å². The van der Waals surface area contributed by atoms with Gasteiger partial charge in [-0.15, -0.1) is 5.10 Å². The molecule has 0 spiro atoms. The maximum absolute atomic E-state index is 11.8. The summed E-state index contributed by atoms with van der Waals surface area (Å²) in [7, 11) is 1.81. The SMILES string of the molecule is CN1CCN(c2ccc(-n3ccnn3)cc2)C1=O. The van der Waals surface area contributed by atoms with Gasteiger partial charge in [0.25, 0.3) is 0 Å². The highest BCUT2D eigenvalue weighted by Gasteiger charge is 2.26. The van der Waals surface area contributed by atoms with E-state index in [9.17, 15) is 4.79 Å². The summed E-state index contributed by atoms with van der Waals surface area (Å²) in [6.07, 6.45) is 3.41. The molecule has 3 rings (SSSR count). The lowest BCUT2D eigenvalue weighted by atomic mass is 10.2. The molecule has 0 bridgehead atoms. The Morgan fingerprint density at radius 3 is 2.39 bits per heavy atom. The first-order chi connectivity index (χ1) is 8.75. The Labute approximate surface area is 104 Å². The summed E-state index contributed by atoms with van der Waals surface area (Å²) in [6.45, 7) is 1.50. The van der Waals surface area contributed by atoms with Crippen molar-refractivity contribution in [3.8, 4) is 5.69 Å². The van der Waals surface area contributed by atoms with Crippen molar-refractivity contribution >= 4 is 11.7 Å². The number of aromatic nitrogens is 3. The smallest absolute Gasteiger partial charge is 0.324 e. The summed E-state index contributed by atoms with van der Waals surface area (Å²) in [5.74, 6) is 0. The third kappa shape index (κ3) is 1.71. The highest BCUT2D eigenvalue weighted by molar-refractivity contribution is 5.93. The molecule has 2 aromatic rings. The number of anilines is 1. The minimum Gasteiger partial charge on any atom is -0.326 e. The average Bonchev–Trinajstić information content (AvgIpc) is 3.02. The number of carbonyl (C=O) groups excluding carboxylic acids is 1. The quantitative estimate of drug-likeness (QED) is 0.794. The number of urea groups is 1. The molecule has 1 fully saturated rings. The molecule has 1 aromatic heterocycles. The van der Waals surface area contributed by atoms with E-state index in [0.717, 1.165) is 24.5 Å². The van der Waals surface area contributed by atoms with Crippen molar-refractivity contribution < 1.29 is 4.79 Å². The average molecular weight is 243 g/mol. The molecular weight excluding hydrogens is 230 g/mol. The van der Waals surface area contributed by atoms with Crippen LogP contribution >= 0.6 is 0 Å². The van der Waals surface area contributed by atoms with Crippen LogP contribution in [0.25, 0.3) is 5.69 Å². The number of hydrogen-bond acceptors (Lipinski definition) is 3. The third-order valence-corrected chi connectivity index (χ3v) is 3.06. The Balaban J connectivity index is 1.86. The van der Waals surface area contributed by atoms with Crippen LogP contribution in [-0.2, 0) is 0 Å².